The Kier molecular flexibility index (Phi) is 7.28. The van der Waals surface area contributed by atoms with Crippen molar-refractivity contribution >= 4 is 11.9 Å². The minimum atomic E-state index is -0.100. The second-order valence-corrected chi connectivity index (χ2v) is 7.28. The van der Waals surface area contributed by atoms with Gasteiger partial charge in [-0.3, -0.25) is 9.48 Å². The van der Waals surface area contributed by atoms with Gasteiger partial charge in [0.15, 0.2) is 0 Å². The Labute approximate surface area is 150 Å². The van der Waals surface area contributed by atoms with Crippen LogP contribution in [0.3, 0.4) is 0 Å². The van der Waals surface area contributed by atoms with Crippen LogP contribution in [0.25, 0.3) is 0 Å². The molecular formula is C18H31N5O2. The van der Waals surface area contributed by atoms with Crippen molar-refractivity contribution in [1.29, 1.82) is 0 Å². The third kappa shape index (κ3) is 6.40. The minimum Gasteiger partial charge on any atom is -0.356 e. The lowest BCUT2D eigenvalue weighted by Crippen LogP contribution is -2.49. The van der Waals surface area contributed by atoms with Gasteiger partial charge in [0.05, 0.1) is 12.1 Å². The fourth-order valence-corrected chi connectivity index (χ4v) is 3.03. The lowest BCUT2D eigenvalue weighted by Gasteiger charge is -2.32. The number of nitrogens with one attached hydrogen (secondary N) is 2. The molecule has 25 heavy (non-hydrogen) atoms. The van der Waals surface area contributed by atoms with Gasteiger partial charge in [0.2, 0.25) is 5.91 Å². The summed E-state index contributed by atoms with van der Waals surface area (Å²) in [5.74, 6) is 0.386. The molecule has 1 aromatic rings. The Hall–Kier alpha value is -2.05. The van der Waals surface area contributed by atoms with Crippen LogP contribution in [0.5, 0.6) is 0 Å². The zero-order chi connectivity index (χ0) is 18.2. The van der Waals surface area contributed by atoms with Gasteiger partial charge in [0, 0.05) is 39.4 Å². The van der Waals surface area contributed by atoms with Crippen LogP contribution < -0.4 is 10.6 Å². The maximum Gasteiger partial charge on any atom is 0.317 e. The van der Waals surface area contributed by atoms with Gasteiger partial charge in [-0.1, -0.05) is 13.8 Å². The maximum absolute atomic E-state index is 12.4. The van der Waals surface area contributed by atoms with Gasteiger partial charge in [-0.2, -0.15) is 5.10 Å². The van der Waals surface area contributed by atoms with E-state index >= 15 is 0 Å². The largest absolute Gasteiger partial charge is 0.356 e. The third-order valence-corrected chi connectivity index (χ3v) is 4.44. The number of nitrogens with zero attached hydrogens (tertiary/aromatic N) is 3. The summed E-state index contributed by atoms with van der Waals surface area (Å²) in [5.41, 5.74) is 1.18. The van der Waals surface area contributed by atoms with Crippen LogP contribution in [0.2, 0.25) is 0 Å². The van der Waals surface area contributed by atoms with Crippen molar-refractivity contribution in [3.05, 3.63) is 18.0 Å². The van der Waals surface area contributed by atoms with E-state index in [4.69, 9.17) is 0 Å². The van der Waals surface area contributed by atoms with E-state index < -0.39 is 0 Å². The molecule has 1 atom stereocenters. The fourth-order valence-electron chi connectivity index (χ4n) is 3.03. The van der Waals surface area contributed by atoms with E-state index in [1.165, 1.54) is 5.56 Å². The second-order valence-electron chi connectivity index (χ2n) is 7.28. The summed E-state index contributed by atoms with van der Waals surface area (Å²) in [5, 5.41) is 10.1. The van der Waals surface area contributed by atoms with E-state index in [2.05, 4.69) is 29.6 Å². The van der Waals surface area contributed by atoms with Gasteiger partial charge < -0.3 is 15.5 Å². The summed E-state index contributed by atoms with van der Waals surface area (Å²) in [6.07, 6.45) is 7.38. The Balaban J connectivity index is 1.68. The predicted molar refractivity (Wildman–Crippen MR) is 97.1 cm³/mol. The summed E-state index contributed by atoms with van der Waals surface area (Å²) in [6, 6.07) is -0.0530. The molecule has 0 bridgehead atoms. The zero-order valence-corrected chi connectivity index (χ0v) is 15.6. The van der Waals surface area contributed by atoms with Crippen molar-refractivity contribution in [2.24, 2.45) is 18.9 Å². The van der Waals surface area contributed by atoms with Crippen molar-refractivity contribution in [1.82, 2.24) is 25.3 Å². The van der Waals surface area contributed by atoms with E-state index in [1.54, 1.807) is 9.58 Å². The first kappa shape index (κ1) is 19.3. The molecular weight excluding hydrogens is 318 g/mol. The fraction of sp³-hybridized carbons (Fsp3) is 0.722. The van der Waals surface area contributed by atoms with Crippen molar-refractivity contribution in [3.63, 3.8) is 0 Å². The molecule has 2 heterocycles. The van der Waals surface area contributed by atoms with Crippen LogP contribution in [-0.2, 0) is 18.3 Å². The number of amides is 3. The Morgan fingerprint density at radius 1 is 1.36 bits per heavy atom. The van der Waals surface area contributed by atoms with Crippen LogP contribution in [-0.4, -0.2) is 52.8 Å². The lowest BCUT2D eigenvalue weighted by molar-refractivity contribution is -0.126. The highest BCUT2D eigenvalue weighted by molar-refractivity contribution is 5.80. The Bertz CT molecular complexity index is 570. The standard InChI is InChI=1S/C18H31N5O2/c1-14(2)10-20-18(25)23-9-5-7-16(13-23)17(24)19-8-4-6-15-11-21-22(3)12-15/h11-12,14,16H,4-10,13H2,1-3H3,(H,19,24)(H,20,25). The number of carbonyl (C=O) groups excluding carboxylic acids is 2. The van der Waals surface area contributed by atoms with E-state index in [1.807, 2.05) is 19.4 Å². The lowest BCUT2D eigenvalue weighted by atomic mass is 9.97. The van der Waals surface area contributed by atoms with Crippen molar-refractivity contribution in [2.45, 2.75) is 39.5 Å². The van der Waals surface area contributed by atoms with Crippen molar-refractivity contribution < 1.29 is 9.59 Å². The molecule has 1 aliphatic rings. The SMILES string of the molecule is CC(C)CNC(=O)N1CCCC(C(=O)NCCCc2cnn(C)c2)C1. The van der Waals surface area contributed by atoms with E-state index in [0.29, 0.717) is 25.6 Å². The average molecular weight is 349 g/mol. The monoisotopic (exact) mass is 349 g/mol. The first-order valence-corrected chi connectivity index (χ1v) is 9.23. The molecule has 1 fully saturated rings. The highest BCUT2D eigenvalue weighted by Gasteiger charge is 2.28. The van der Waals surface area contributed by atoms with Gasteiger partial charge in [-0.05, 0) is 37.2 Å². The third-order valence-electron chi connectivity index (χ3n) is 4.44. The summed E-state index contributed by atoms with van der Waals surface area (Å²) < 4.78 is 1.79. The Morgan fingerprint density at radius 2 is 2.16 bits per heavy atom. The van der Waals surface area contributed by atoms with Gasteiger partial charge in [-0.25, -0.2) is 4.79 Å². The molecule has 0 aliphatic carbocycles. The van der Waals surface area contributed by atoms with Gasteiger partial charge in [0.25, 0.3) is 0 Å². The molecule has 1 aliphatic heterocycles. The first-order valence-electron chi connectivity index (χ1n) is 9.23. The smallest absolute Gasteiger partial charge is 0.317 e. The van der Waals surface area contributed by atoms with Crippen LogP contribution in [0.1, 0.15) is 38.7 Å². The molecule has 0 spiro atoms. The summed E-state index contributed by atoms with van der Waals surface area (Å²) >= 11 is 0. The molecule has 140 valence electrons. The van der Waals surface area contributed by atoms with Crippen LogP contribution in [0, 0.1) is 11.8 Å². The summed E-state index contributed by atoms with van der Waals surface area (Å²) in [4.78, 5) is 26.3. The van der Waals surface area contributed by atoms with Crippen molar-refractivity contribution in [2.75, 3.05) is 26.2 Å². The number of aryl methyl sites for hydroxylation is 2. The molecule has 0 radical (unpaired) electrons. The topological polar surface area (TPSA) is 79.3 Å². The van der Waals surface area contributed by atoms with Crippen LogP contribution >= 0.6 is 0 Å². The molecule has 1 unspecified atom stereocenters. The average Bonchev–Trinajstić information content (AvgIpc) is 3.01. The normalized spacial score (nSPS) is 17.6. The highest BCUT2D eigenvalue weighted by atomic mass is 16.2. The second kappa shape index (κ2) is 9.44. The number of aromatic nitrogens is 2. The maximum atomic E-state index is 12.4. The molecule has 0 saturated carbocycles. The van der Waals surface area contributed by atoms with Crippen molar-refractivity contribution in [3.8, 4) is 0 Å². The summed E-state index contributed by atoms with van der Waals surface area (Å²) in [7, 11) is 1.90. The number of urea groups is 1. The molecule has 7 nitrogen and oxygen atoms in total. The molecule has 1 aromatic heterocycles. The van der Waals surface area contributed by atoms with E-state index in [9.17, 15) is 9.59 Å². The molecule has 2 N–H and O–H groups in total. The van der Waals surface area contributed by atoms with E-state index in [-0.39, 0.29) is 17.9 Å². The number of hydrogen-bond donors (Lipinski definition) is 2. The summed E-state index contributed by atoms with van der Waals surface area (Å²) in [6.45, 7) is 6.70. The highest BCUT2D eigenvalue weighted by Crippen LogP contribution is 2.16. The quantitative estimate of drug-likeness (QED) is 0.733. The van der Waals surface area contributed by atoms with Crippen LogP contribution in [0.15, 0.2) is 12.4 Å². The van der Waals surface area contributed by atoms with Crippen LogP contribution in [0.4, 0.5) is 4.79 Å². The number of rotatable bonds is 7. The van der Waals surface area contributed by atoms with Gasteiger partial charge in [0.1, 0.15) is 0 Å². The predicted octanol–water partition coefficient (Wildman–Crippen LogP) is 1.55. The number of hydrogen-bond acceptors (Lipinski definition) is 3. The Morgan fingerprint density at radius 3 is 2.84 bits per heavy atom. The molecule has 3 amide bonds. The number of likely N-dealkylation sites (tertiary alicyclic amines) is 1. The molecule has 1 saturated heterocycles. The van der Waals surface area contributed by atoms with E-state index in [0.717, 1.165) is 32.2 Å². The minimum absolute atomic E-state index is 0.0530. The van der Waals surface area contributed by atoms with Gasteiger partial charge >= 0.3 is 6.03 Å². The first-order chi connectivity index (χ1) is 12.0. The van der Waals surface area contributed by atoms with Gasteiger partial charge in [-0.15, -0.1) is 0 Å². The number of carbonyl (C=O) groups is 2. The molecule has 7 heteroatoms. The number of piperidine rings is 1. The molecule has 2 rings (SSSR count). The zero-order valence-electron chi connectivity index (χ0n) is 15.6. The molecule has 0 aromatic carbocycles.